The summed E-state index contributed by atoms with van der Waals surface area (Å²) in [5.41, 5.74) is -1.43. The first-order chi connectivity index (χ1) is 6.77. The van der Waals surface area contributed by atoms with E-state index < -0.39 is 21.5 Å². The molecule has 0 saturated carbocycles. The third-order valence-corrected chi connectivity index (χ3v) is 3.38. The van der Waals surface area contributed by atoms with Gasteiger partial charge in [0.1, 0.15) is 5.54 Å². The summed E-state index contributed by atoms with van der Waals surface area (Å²) in [4.78, 5) is 10.9. The van der Waals surface area contributed by atoms with Crippen LogP contribution in [0.25, 0.3) is 0 Å². The van der Waals surface area contributed by atoms with Crippen molar-refractivity contribution < 1.29 is 18.3 Å². The molecule has 0 amide bonds. The minimum atomic E-state index is -3.61. The first-order valence-electron chi connectivity index (χ1n) is 4.63. The van der Waals surface area contributed by atoms with Gasteiger partial charge in [0.2, 0.25) is 10.0 Å². The van der Waals surface area contributed by atoms with Crippen LogP contribution in [0.2, 0.25) is 0 Å². The highest BCUT2D eigenvalue weighted by molar-refractivity contribution is 7.89. The van der Waals surface area contributed by atoms with E-state index in [0.717, 1.165) is 0 Å². The molecule has 0 aromatic rings. The summed E-state index contributed by atoms with van der Waals surface area (Å²) < 4.78 is 24.9. The lowest BCUT2D eigenvalue weighted by Crippen LogP contribution is -2.52. The van der Waals surface area contributed by atoms with Gasteiger partial charge in [0.15, 0.2) is 0 Å². The number of carboxylic acid groups (broad SMARTS) is 1. The summed E-state index contributed by atoms with van der Waals surface area (Å²) in [6.07, 6.45) is 2.05. The van der Waals surface area contributed by atoms with E-state index in [2.05, 4.69) is 11.3 Å². The fraction of sp³-hybridized carbons (Fsp3) is 0.667. The second kappa shape index (κ2) is 5.27. The van der Waals surface area contributed by atoms with E-state index in [1.165, 1.54) is 13.0 Å². The zero-order valence-corrected chi connectivity index (χ0v) is 9.80. The van der Waals surface area contributed by atoms with Gasteiger partial charge in [-0.3, -0.25) is 4.79 Å². The molecule has 88 valence electrons. The van der Waals surface area contributed by atoms with Gasteiger partial charge >= 0.3 is 5.97 Å². The molecule has 0 aliphatic carbocycles. The molecule has 0 aliphatic heterocycles. The predicted molar refractivity (Wildman–Crippen MR) is 58.1 cm³/mol. The minimum Gasteiger partial charge on any atom is -0.480 e. The van der Waals surface area contributed by atoms with Crippen molar-refractivity contribution in [3.05, 3.63) is 12.7 Å². The molecular formula is C9H17NO4S. The number of aliphatic carboxylic acids is 1. The molecule has 0 saturated heterocycles. The Bertz CT molecular complexity index is 336. The van der Waals surface area contributed by atoms with Crippen LogP contribution in [0.5, 0.6) is 0 Å². The molecule has 6 heteroatoms. The Morgan fingerprint density at radius 2 is 2.13 bits per heavy atom. The fourth-order valence-electron chi connectivity index (χ4n) is 1.24. The van der Waals surface area contributed by atoms with Crippen LogP contribution in [0.4, 0.5) is 0 Å². The van der Waals surface area contributed by atoms with Gasteiger partial charge in [0, 0.05) is 0 Å². The largest absolute Gasteiger partial charge is 0.480 e. The Kier molecular flexibility index (Phi) is 4.96. The summed E-state index contributed by atoms with van der Waals surface area (Å²) in [6, 6.07) is 0. The molecule has 0 spiro atoms. The summed E-state index contributed by atoms with van der Waals surface area (Å²) in [5.74, 6) is -1.45. The maximum absolute atomic E-state index is 11.4. The van der Waals surface area contributed by atoms with Crippen molar-refractivity contribution in [1.29, 1.82) is 0 Å². The molecule has 0 radical (unpaired) electrons. The van der Waals surface area contributed by atoms with Crippen molar-refractivity contribution in [3.8, 4) is 0 Å². The number of carboxylic acids is 1. The van der Waals surface area contributed by atoms with Gasteiger partial charge in [-0.2, -0.15) is 4.72 Å². The van der Waals surface area contributed by atoms with Gasteiger partial charge in [-0.1, -0.05) is 19.4 Å². The van der Waals surface area contributed by atoms with Gasteiger partial charge in [-0.25, -0.2) is 8.42 Å². The second-order valence-electron chi connectivity index (χ2n) is 3.56. The van der Waals surface area contributed by atoms with E-state index in [4.69, 9.17) is 5.11 Å². The first kappa shape index (κ1) is 14.1. The Hall–Kier alpha value is -0.880. The quantitative estimate of drug-likeness (QED) is 0.637. The van der Waals surface area contributed by atoms with Crippen LogP contribution >= 0.6 is 0 Å². The van der Waals surface area contributed by atoms with Crippen molar-refractivity contribution in [3.63, 3.8) is 0 Å². The summed E-state index contributed by atoms with van der Waals surface area (Å²) in [5, 5.41) is 8.94. The normalized spacial score (nSPS) is 15.6. The Labute approximate surface area is 90.2 Å². The van der Waals surface area contributed by atoms with E-state index in [9.17, 15) is 13.2 Å². The Morgan fingerprint density at radius 3 is 2.47 bits per heavy atom. The zero-order chi connectivity index (χ0) is 12.1. The molecule has 1 atom stereocenters. The van der Waals surface area contributed by atoms with Crippen molar-refractivity contribution in [2.75, 3.05) is 5.75 Å². The smallest absolute Gasteiger partial charge is 0.324 e. The zero-order valence-electron chi connectivity index (χ0n) is 8.99. The highest BCUT2D eigenvalue weighted by Gasteiger charge is 2.35. The van der Waals surface area contributed by atoms with Gasteiger partial charge < -0.3 is 5.11 Å². The van der Waals surface area contributed by atoms with Crippen molar-refractivity contribution in [1.82, 2.24) is 4.72 Å². The van der Waals surface area contributed by atoms with Crippen LogP contribution in [-0.4, -0.2) is 30.8 Å². The lowest BCUT2D eigenvalue weighted by Gasteiger charge is -2.25. The minimum absolute atomic E-state index is 0.249. The van der Waals surface area contributed by atoms with Crippen molar-refractivity contribution >= 4 is 16.0 Å². The van der Waals surface area contributed by atoms with Crippen LogP contribution in [0, 0.1) is 0 Å². The lowest BCUT2D eigenvalue weighted by atomic mass is 9.98. The van der Waals surface area contributed by atoms with Crippen LogP contribution in [0.3, 0.4) is 0 Å². The predicted octanol–water partition coefficient (Wildman–Crippen LogP) is 0.735. The van der Waals surface area contributed by atoms with E-state index in [0.29, 0.717) is 6.42 Å². The van der Waals surface area contributed by atoms with Crippen LogP contribution in [-0.2, 0) is 14.8 Å². The second-order valence-corrected chi connectivity index (χ2v) is 5.33. The Balaban J connectivity index is 4.84. The van der Waals surface area contributed by atoms with E-state index in [-0.39, 0.29) is 12.2 Å². The lowest BCUT2D eigenvalue weighted by molar-refractivity contribution is -0.143. The van der Waals surface area contributed by atoms with Gasteiger partial charge in [-0.05, 0) is 13.3 Å². The number of sulfonamides is 1. The maximum atomic E-state index is 11.4. The number of carbonyl (C=O) groups is 1. The summed E-state index contributed by atoms with van der Waals surface area (Å²) in [6.45, 7) is 6.46. The molecule has 0 heterocycles. The fourth-order valence-corrected chi connectivity index (χ4v) is 2.51. The van der Waals surface area contributed by atoms with Crippen LogP contribution in [0.15, 0.2) is 12.7 Å². The average molecular weight is 235 g/mol. The number of hydrogen-bond donors (Lipinski definition) is 2. The van der Waals surface area contributed by atoms with Crippen molar-refractivity contribution in [2.24, 2.45) is 0 Å². The highest BCUT2D eigenvalue weighted by atomic mass is 32.2. The monoisotopic (exact) mass is 235 g/mol. The number of hydrogen-bond acceptors (Lipinski definition) is 3. The molecule has 2 N–H and O–H groups in total. The molecule has 0 aromatic heterocycles. The third kappa shape index (κ3) is 4.44. The van der Waals surface area contributed by atoms with Gasteiger partial charge in [0.25, 0.3) is 0 Å². The molecule has 0 aromatic carbocycles. The highest BCUT2D eigenvalue weighted by Crippen LogP contribution is 2.14. The van der Waals surface area contributed by atoms with Gasteiger partial charge in [-0.15, -0.1) is 6.58 Å². The SMILES string of the molecule is C=CCS(=O)(=O)NC(C)(CCC)C(=O)O. The molecule has 0 aliphatic rings. The van der Waals surface area contributed by atoms with E-state index in [1.54, 1.807) is 6.92 Å². The molecule has 0 fully saturated rings. The topological polar surface area (TPSA) is 83.5 Å². The van der Waals surface area contributed by atoms with Crippen LogP contribution in [0.1, 0.15) is 26.7 Å². The summed E-state index contributed by atoms with van der Waals surface area (Å²) in [7, 11) is -3.61. The van der Waals surface area contributed by atoms with Gasteiger partial charge in [0.05, 0.1) is 5.75 Å². The Morgan fingerprint density at radius 1 is 1.60 bits per heavy atom. The van der Waals surface area contributed by atoms with Crippen molar-refractivity contribution in [2.45, 2.75) is 32.2 Å². The molecular weight excluding hydrogens is 218 g/mol. The van der Waals surface area contributed by atoms with Crippen LogP contribution < -0.4 is 4.72 Å². The number of nitrogens with one attached hydrogen (secondary N) is 1. The molecule has 5 nitrogen and oxygen atoms in total. The van der Waals surface area contributed by atoms with E-state index in [1.807, 2.05) is 0 Å². The molecule has 0 bridgehead atoms. The third-order valence-electron chi connectivity index (χ3n) is 1.94. The standard InChI is InChI=1S/C9H17NO4S/c1-4-6-9(3,8(11)12)10-15(13,14)7-5-2/h5,10H,2,4,6-7H2,1,3H3,(H,11,12). The van der Waals surface area contributed by atoms with E-state index >= 15 is 0 Å². The average Bonchev–Trinajstić information content (AvgIpc) is 2.02. The number of rotatable bonds is 7. The summed E-state index contributed by atoms with van der Waals surface area (Å²) >= 11 is 0. The molecule has 15 heavy (non-hydrogen) atoms. The molecule has 0 rings (SSSR count). The maximum Gasteiger partial charge on any atom is 0.324 e. The molecule has 1 unspecified atom stereocenters. The first-order valence-corrected chi connectivity index (χ1v) is 6.28.